The van der Waals surface area contributed by atoms with E-state index in [1.165, 1.54) is 0 Å². The second-order valence-corrected chi connectivity index (χ2v) is 8.05. The van der Waals surface area contributed by atoms with E-state index in [0.717, 1.165) is 48.4 Å². The third-order valence-electron chi connectivity index (χ3n) is 4.87. The number of hydrogen-bond donors (Lipinski definition) is 0. The molecule has 0 bridgehead atoms. The highest BCUT2D eigenvalue weighted by molar-refractivity contribution is 7.89. The van der Waals surface area contributed by atoms with Gasteiger partial charge in [-0.05, 0) is 50.3 Å². The van der Waals surface area contributed by atoms with E-state index in [9.17, 15) is 9.35 Å². The lowest BCUT2D eigenvalue weighted by molar-refractivity contribution is -0.124. The molecule has 1 aliphatic heterocycles. The van der Waals surface area contributed by atoms with E-state index in [-0.39, 0.29) is 5.78 Å². The second-order valence-electron chi connectivity index (χ2n) is 6.59. The lowest BCUT2D eigenvalue weighted by Gasteiger charge is -2.32. The smallest absolute Gasteiger partial charge is 0.216 e. The summed E-state index contributed by atoms with van der Waals surface area (Å²) in [5, 5.41) is 0. The molecule has 5 heteroatoms. The number of benzene rings is 1. The van der Waals surface area contributed by atoms with Crippen LogP contribution in [0.4, 0.5) is 0 Å². The Bertz CT molecular complexity index is 594. The lowest BCUT2D eigenvalue weighted by Crippen LogP contribution is -2.35. The molecule has 0 amide bonds. The summed E-state index contributed by atoms with van der Waals surface area (Å²) in [6, 6.07) is 3.92. The van der Waals surface area contributed by atoms with Crippen LogP contribution in [-0.2, 0) is 28.0 Å². The van der Waals surface area contributed by atoms with Crippen LogP contribution >= 0.6 is 0 Å². The van der Waals surface area contributed by atoms with Crippen LogP contribution in [0.15, 0.2) is 17.0 Å². The molecule has 1 heterocycles. The molecule has 0 aromatic heterocycles. The summed E-state index contributed by atoms with van der Waals surface area (Å²) < 4.78 is 20.3. The lowest BCUT2D eigenvalue weighted by atomic mass is 9.72. The van der Waals surface area contributed by atoms with Crippen LogP contribution in [0, 0.1) is 0 Å². The van der Waals surface area contributed by atoms with Gasteiger partial charge in [0, 0.05) is 31.0 Å². The zero-order chi connectivity index (χ0) is 15.9. The van der Waals surface area contributed by atoms with E-state index in [4.69, 9.17) is 4.74 Å². The number of carbonyl (C=O) groups excluding carboxylic acids is 1. The Kier molecular flexibility index (Phi) is 4.23. The Hall–Kier alpha value is -1.04. The molecule has 0 N–H and O–H groups in total. The quantitative estimate of drug-likeness (QED) is 0.803. The minimum absolute atomic E-state index is 0.260. The molecule has 1 atom stereocenters. The number of Topliss-reactive ketones (excluding diaryl/α,β-unsaturated/α-hetero) is 1. The maximum Gasteiger partial charge on any atom is 0.216 e. The van der Waals surface area contributed by atoms with Crippen LogP contribution in [0.2, 0.25) is 0 Å². The van der Waals surface area contributed by atoms with Crippen molar-refractivity contribution in [2.45, 2.75) is 49.8 Å². The van der Waals surface area contributed by atoms with E-state index < -0.39 is 16.8 Å². The fourth-order valence-electron chi connectivity index (χ4n) is 3.39. The number of ketones is 1. The van der Waals surface area contributed by atoms with Crippen LogP contribution in [0.5, 0.6) is 5.75 Å². The number of ether oxygens (including phenoxy) is 1. The van der Waals surface area contributed by atoms with Gasteiger partial charge in [-0.1, -0.05) is 0 Å². The number of rotatable bonds is 3. The molecule has 2 aliphatic rings. The molecule has 1 aliphatic carbocycles. The van der Waals surface area contributed by atoms with Crippen molar-refractivity contribution < 1.29 is 14.1 Å². The highest BCUT2D eigenvalue weighted by Crippen LogP contribution is 2.40. The van der Waals surface area contributed by atoms with Gasteiger partial charge in [-0.25, -0.2) is 0 Å². The van der Waals surface area contributed by atoms with Gasteiger partial charge < -0.3 is 9.29 Å². The van der Waals surface area contributed by atoms with Gasteiger partial charge in [-0.2, -0.15) is 0 Å². The predicted molar refractivity (Wildman–Crippen MR) is 86.6 cm³/mol. The summed E-state index contributed by atoms with van der Waals surface area (Å²) in [5.74, 6) is 0.891. The van der Waals surface area contributed by atoms with Gasteiger partial charge in [0.1, 0.15) is 5.78 Å². The first-order chi connectivity index (χ1) is 10.4. The summed E-state index contributed by atoms with van der Waals surface area (Å²) in [6.45, 7) is 5.67. The van der Waals surface area contributed by atoms with Crippen molar-refractivity contribution in [2.24, 2.45) is 0 Å². The summed E-state index contributed by atoms with van der Waals surface area (Å²) in [7, 11) is 1.60. The third-order valence-corrected chi connectivity index (χ3v) is 6.40. The highest BCUT2D eigenvalue weighted by atomic mass is 32.2. The van der Waals surface area contributed by atoms with Crippen LogP contribution in [0.3, 0.4) is 0 Å². The average molecular weight is 321 g/mol. The molecule has 0 radical (unpaired) electrons. The first-order valence-electron chi connectivity index (χ1n) is 7.86. The average Bonchev–Trinajstić information content (AvgIpc) is 3.04. The SMILES string of the molecule is COc1cc2c(cc1[S+]([O-])N1CCCC1)CCC(=O)C2(C)C. The maximum absolute atomic E-state index is 12.8. The first-order valence-corrected chi connectivity index (χ1v) is 8.97. The fourth-order valence-corrected chi connectivity index (χ4v) is 4.82. The van der Waals surface area contributed by atoms with Gasteiger partial charge in [-0.15, -0.1) is 4.31 Å². The van der Waals surface area contributed by atoms with E-state index >= 15 is 0 Å². The topological polar surface area (TPSA) is 52.6 Å². The number of nitrogens with zero attached hydrogens (tertiary/aromatic N) is 1. The Labute approximate surface area is 135 Å². The number of hydrogen-bond acceptors (Lipinski definition) is 4. The van der Waals surface area contributed by atoms with Crippen molar-refractivity contribution in [3.05, 3.63) is 23.3 Å². The molecule has 0 spiro atoms. The number of fused-ring (bicyclic) bond motifs is 1. The van der Waals surface area contributed by atoms with Crippen molar-refractivity contribution in [2.75, 3.05) is 20.2 Å². The van der Waals surface area contributed by atoms with Crippen LogP contribution in [0.1, 0.15) is 44.2 Å². The first kappa shape index (κ1) is 15.8. The van der Waals surface area contributed by atoms with Gasteiger partial charge >= 0.3 is 0 Å². The normalized spacial score (nSPS) is 22.5. The zero-order valence-corrected chi connectivity index (χ0v) is 14.3. The molecule has 1 unspecified atom stereocenters. The van der Waals surface area contributed by atoms with Gasteiger partial charge in [0.05, 0.1) is 18.5 Å². The van der Waals surface area contributed by atoms with Crippen molar-refractivity contribution in [1.29, 1.82) is 0 Å². The maximum atomic E-state index is 12.8. The predicted octanol–water partition coefficient (Wildman–Crippen LogP) is 2.61. The molecular weight excluding hydrogens is 298 g/mol. The van der Waals surface area contributed by atoms with Crippen LogP contribution < -0.4 is 4.74 Å². The van der Waals surface area contributed by atoms with E-state index in [1.807, 2.05) is 30.3 Å². The number of carbonyl (C=O) groups is 1. The molecule has 22 heavy (non-hydrogen) atoms. The Morgan fingerprint density at radius 3 is 2.55 bits per heavy atom. The number of aryl methyl sites for hydroxylation is 1. The van der Waals surface area contributed by atoms with Crippen molar-refractivity contribution in [1.82, 2.24) is 4.31 Å². The van der Waals surface area contributed by atoms with E-state index in [1.54, 1.807) is 7.11 Å². The fraction of sp³-hybridized carbons (Fsp3) is 0.588. The molecule has 120 valence electrons. The zero-order valence-electron chi connectivity index (χ0n) is 13.5. The summed E-state index contributed by atoms with van der Waals surface area (Å²) in [6.07, 6.45) is 3.48. The Morgan fingerprint density at radius 1 is 1.23 bits per heavy atom. The molecule has 0 saturated carbocycles. The van der Waals surface area contributed by atoms with Gasteiger partial charge in [0.2, 0.25) is 4.90 Å². The second kappa shape index (κ2) is 5.87. The summed E-state index contributed by atoms with van der Waals surface area (Å²) in [5.41, 5.74) is 1.66. The molecule has 1 aromatic rings. The van der Waals surface area contributed by atoms with Crippen LogP contribution in [-0.4, -0.2) is 34.8 Å². The molecule has 1 aromatic carbocycles. The number of methoxy groups -OCH3 is 1. The highest BCUT2D eigenvalue weighted by Gasteiger charge is 2.38. The molecule has 1 saturated heterocycles. The standard InChI is InChI=1S/C17H23NO3S/c1-17(2)13-11-14(21-3)15(10-12(13)6-7-16(17)19)22(20)18-8-4-5-9-18/h10-11H,4-9H2,1-3H3. The van der Waals surface area contributed by atoms with Gasteiger partial charge in [-0.3, -0.25) is 4.79 Å². The third kappa shape index (κ3) is 2.55. The Morgan fingerprint density at radius 2 is 1.91 bits per heavy atom. The largest absolute Gasteiger partial charge is 0.593 e. The van der Waals surface area contributed by atoms with Gasteiger partial charge in [0.15, 0.2) is 5.75 Å². The van der Waals surface area contributed by atoms with E-state index in [2.05, 4.69) is 0 Å². The van der Waals surface area contributed by atoms with Crippen molar-refractivity contribution in [3.8, 4) is 5.75 Å². The van der Waals surface area contributed by atoms with Crippen molar-refractivity contribution in [3.63, 3.8) is 0 Å². The Balaban J connectivity index is 2.04. The van der Waals surface area contributed by atoms with Crippen LogP contribution in [0.25, 0.3) is 0 Å². The summed E-state index contributed by atoms with van der Waals surface area (Å²) >= 11 is -1.18. The molecule has 1 fully saturated rings. The molecular formula is C17H23NO3S. The molecule has 4 nitrogen and oxygen atoms in total. The minimum atomic E-state index is -1.18. The summed E-state index contributed by atoms with van der Waals surface area (Å²) in [4.78, 5) is 12.9. The minimum Gasteiger partial charge on any atom is -0.593 e. The van der Waals surface area contributed by atoms with Crippen molar-refractivity contribution >= 4 is 17.1 Å². The molecule has 3 rings (SSSR count). The van der Waals surface area contributed by atoms with E-state index in [0.29, 0.717) is 12.2 Å². The monoisotopic (exact) mass is 321 g/mol. The van der Waals surface area contributed by atoms with Gasteiger partial charge in [0.25, 0.3) is 0 Å².